The van der Waals surface area contributed by atoms with Crippen molar-refractivity contribution in [3.8, 4) is 0 Å². The van der Waals surface area contributed by atoms with Gasteiger partial charge in [0.25, 0.3) is 0 Å². The van der Waals surface area contributed by atoms with Crippen molar-refractivity contribution in [3.05, 3.63) is 31.5 Å². The fourth-order valence-electron chi connectivity index (χ4n) is 3.67. The second-order valence-electron chi connectivity index (χ2n) is 11.7. The Labute approximate surface area is 232 Å². The predicted octanol–water partition coefficient (Wildman–Crippen LogP) is -0.873. The zero-order valence-corrected chi connectivity index (χ0v) is 24.5. The Hall–Kier alpha value is -2.81. The lowest BCUT2D eigenvalue weighted by atomic mass is 9.89. The first-order chi connectivity index (χ1) is 18.3. The number of rotatable bonds is 15. The number of esters is 2. The second-order valence-corrected chi connectivity index (χ2v) is 11.7. The largest absolute Gasteiger partial charge is 0.461 e. The molecule has 0 saturated carbocycles. The molecular formula is C26H45N3O11. The van der Waals surface area contributed by atoms with Crippen LogP contribution < -0.4 is 17.1 Å². The molecule has 0 aliphatic heterocycles. The van der Waals surface area contributed by atoms with E-state index in [4.69, 9.17) is 9.47 Å². The maximum absolute atomic E-state index is 13.1. The highest BCUT2D eigenvalue weighted by Crippen LogP contribution is 2.21. The molecule has 1 heterocycles. The van der Waals surface area contributed by atoms with E-state index in [1.165, 1.54) is 0 Å². The number of aliphatic hydroxyl groups excluding tert-OH is 4. The van der Waals surface area contributed by atoms with Crippen LogP contribution >= 0.6 is 0 Å². The molecule has 0 aliphatic carbocycles. The highest BCUT2D eigenvalue weighted by molar-refractivity contribution is 5.85. The van der Waals surface area contributed by atoms with E-state index in [1.807, 2.05) is 27.7 Å². The number of aliphatic hydroxyl groups is 4. The van der Waals surface area contributed by atoms with Gasteiger partial charge in [0.1, 0.15) is 18.3 Å². The Kier molecular flexibility index (Phi) is 13.0. The molecule has 0 saturated heterocycles. The lowest BCUT2D eigenvalue weighted by Gasteiger charge is -2.26. The molecule has 1 aromatic heterocycles. The molecule has 14 heteroatoms. The quantitative estimate of drug-likeness (QED) is 0.189. The smallest absolute Gasteiger partial charge is 0.338 e. The summed E-state index contributed by atoms with van der Waals surface area (Å²) in [6.07, 6.45) is -5.49. The number of unbranched alkanes of at least 4 members (excludes halogenated alkanes) is 1. The van der Waals surface area contributed by atoms with Gasteiger partial charge in [0.2, 0.25) is 0 Å². The molecule has 0 bridgehead atoms. The van der Waals surface area contributed by atoms with Crippen molar-refractivity contribution in [2.75, 3.05) is 6.61 Å². The Bertz CT molecular complexity index is 1180. The van der Waals surface area contributed by atoms with E-state index < -0.39 is 72.2 Å². The third kappa shape index (κ3) is 10.3. The van der Waals surface area contributed by atoms with Gasteiger partial charge in [-0.3, -0.25) is 0 Å². The van der Waals surface area contributed by atoms with Gasteiger partial charge in [0, 0.05) is 6.54 Å². The summed E-state index contributed by atoms with van der Waals surface area (Å²) < 4.78 is 12.0. The van der Waals surface area contributed by atoms with Gasteiger partial charge in [0.05, 0.1) is 19.2 Å². The number of hydrogen-bond acceptors (Lipinski definition) is 11. The summed E-state index contributed by atoms with van der Waals surface area (Å²) in [7, 11) is 0. The fourth-order valence-corrected chi connectivity index (χ4v) is 3.67. The van der Waals surface area contributed by atoms with E-state index in [-0.39, 0.29) is 24.9 Å². The van der Waals surface area contributed by atoms with Crippen LogP contribution in [0.2, 0.25) is 0 Å². The molecule has 4 N–H and O–H groups in total. The normalized spacial score (nSPS) is 15.3. The van der Waals surface area contributed by atoms with Gasteiger partial charge in [-0.25, -0.2) is 37.7 Å². The number of carbonyl (C=O) groups excluding carboxylic acids is 2. The molecule has 4 unspecified atom stereocenters. The summed E-state index contributed by atoms with van der Waals surface area (Å²) >= 11 is 0. The highest BCUT2D eigenvalue weighted by atomic mass is 16.6. The van der Waals surface area contributed by atoms with Crippen molar-refractivity contribution >= 4 is 11.9 Å². The lowest BCUT2D eigenvalue weighted by molar-refractivity contribution is -0.182. The van der Waals surface area contributed by atoms with Crippen LogP contribution in [0.1, 0.15) is 74.1 Å². The molecule has 0 amide bonds. The van der Waals surface area contributed by atoms with Gasteiger partial charge in [-0.1, -0.05) is 41.0 Å². The number of hydrogen-bond donors (Lipinski definition) is 4. The first kappa shape index (κ1) is 35.2. The van der Waals surface area contributed by atoms with Gasteiger partial charge < -0.3 is 29.9 Å². The Morgan fingerprint density at radius 3 is 1.73 bits per heavy atom. The molecule has 0 spiro atoms. The third-order valence-corrected chi connectivity index (χ3v) is 6.18. The van der Waals surface area contributed by atoms with Crippen LogP contribution in [0.5, 0.6) is 0 Å². The zero-order chi connectivity index (χ0) is 31.0. The van der Waals surface area contributed by atoms with E-state index in [2.05, 4.69) is 0 Å². The molecule has 0 radical (unpaired) electrons. The van der Waals surface area contributed by atoms with Crippen molar-refractivity contribution in [1.82, 2.24) is 13.7 Å². The van der Waals surface area contributed by atoms with Gasteiger partial charge in [-0.2, -0.15) is 0 Å². The van der Waals surface area contributed by atoms with Crippen LogP contribution in [-0.4, -0.2) is 82.7 Å². The summed E-state index contributed by atoms with van der Waals surface area (Å²) in [5.74, 6) is -2.69. The van der Waals surface area contributed by atoms with Crippen molar-refractivity contribution in [1.29, 1.82) is 0 Å². The van der Waals surface area contributed by atoms with Crippen LogP contribution in [0, 0.1) is 5.41 Å². The first-order valence-corrected chi connectivity index (χ1v) is 13.4. The van der Waals surface area contributed by atoms with Crippen LogP contribution in [-0.2, 0) is 38.7 Å². The number of ether oxygens (including phenoxy) is 2. The summed E-state index contributed by atoms with van der Waals surface area (Å²) in [5, 5.41) is 40.8. The zero-order valence-electron chi connectivity index (χ0n) is 24.5. The molecule has 0 aliphatic rings. The Balaban J connectivity index is 3.11. The van der Waals surface area contributed by atoms with Crippen LogP contribution in [0.15, 0.2) is 14.4 Å². The summed E-state index contributed by atoms with van der Waals surface area (Å²) in [4.78, 5) is 63.2. The summed E-state index contributed by atoms with van der Waals surface area (Å²) in [5.41, 5.74) is -4.18. The molecule has 4 atom stereocenters. The van der Waals surface area contributed by atoms with Gasteiger partial charge in [0.15, 0.2) is 12.2 Å². The second kappa shape index (κ2) is 14.7. The van der Waals surface area contributed by atoms with Crippen molar-refractivity contribution < 1.29 is 39.5 Å². The van der Waals surface area contributed by atoms with Gasteiger partial charge in [-0.15, -0.1) is 0 Å². The van der Waals surface area contributed by atoms with E-state index >= 15 is 0 Å². The van der Waals surface area contributed by atoms with E-state index in [1.54, 1.807) is 20.8 Å². The van der Waals surface area contributed by atoms with E-state index in [9.17, 15) is 44.4 Å². The monoisotopic (exact) mass is 575 g/mol. The molecule has 14 nitrogen and oxygen atoms in total. The fraction of sp³-hybridized carbons (Fsp3) is 0.808. The van der Waals surface area contributed by atoms with Gasteiger partial charge >= 0.3 is 29.0 Å². The lowest BCUT2D eigenvalue weighted by Crippen LogP contribution is -2.56. The van der Waals surface area contributed by atoms with Crippen LogP contribution in [0.25, 0.3) is 0 Å². The first-order valence-electron chi connectivity index (χ1n) is 13.4. The standard InChI is InChI=1S/C26H45N3O11/c1-8-10-11-27-22(36)28(13-16(30)12-25(3,4)5)24(38)29(23(27)37)14-17(31)15-39-20(34)18(32)19(33)21(35)40-26(6,7)9-2/h16-19,30-33H,8-15H2,1-7H3. The van der Waals surface area contributed by atoms with Crippen LogP contribution in [0.4, 0.5) is 0 Å². The molecule has 40 heavy (non-hydrogen) atoms. The average Bonchev–Trinajstić information content (AvgIpc) is 2.85. The molecule has 0 aromatic carbocycles. The third-order valence-electron chi connectivity index (χ3n) is 6.18. The number of aromatic nitrogens is 3. The SMILES string of the molecule is CCCCn1c(=O)n(CC(O)COC(=O)C(O)C(O)C(=O)OC(C)(C)CC)c(=O)n(CC(O)CC(C)(C)C)c1=O. The number of nitrogens with zero attached hydrogens (tertiary/aromatic N) is 3. The molecule has 1 aromatic rings. The average molecular weight is 576 g/mol. The Morgan fingerprint density at radius 2 is 1.25 bits per heavy atom. The maximum atomic E-state index is 13.1. The minimum Gasteiger partial charge on any atom is -0.461 e. The molecular weight excluding hydrogens is 530 g/mol. The molecule has 0 fully saturated rings. The molecule has 1 rings (SSSR count). The minimum absolute atomic E-state index is 0.00388. The topological polar surface area (TPSA) is 200 Å². The minimum atomic E-state index is -2.31. The Morgan fingerprint density at radius 1 is 0.775 bits per heavy atom. The molecule has 230 valence electrons. The predicted molar refractivity (Wildman–Crippen MR) is 144 cm³/mol. The van der Waals surface area contributed by atoms with Crippen molar-refractivity contribution in [3.63, 3.8) is 0 Å². The summed E-state index contributed by atoms with van der Waals surface area (Å²) in [6, 6.07) is 0. The van der Waals surface area contributed by atoms with E-state index in [0.717, 1.165) is 9.13 Å². The van der Waals surface area contributed by atoms with Crippen molar-refractivity contribution in [2.24, 2.45) is 5.41 Å². The van der Waals surface area contributed by atoms with Crippen LogP contribution in [0.3, 0.4) is 0 Å². The number of carbonyl (C=O) groups is 2. The van der Waals surface area contributed by atoms with Gasteiger partial charge in [-0.05, 0) is 38.5 Å². The van der Waals surface area contributed by atoms with E-state index in [0.29, 0.717) is 23.8 Å². The highest BCUT2D eigenvalue weighted by Gasteiger charge is 2.36. The summed E-state index contributed by atoms with van der Waals surface area (Å²) in [6.45, 7) is 10.5. The maximum Gasteiger partial charge on any atom is 0.338 e. The van der Waals surface area contributed by atoms with Crippen molar-refractivity contribution in [2.45, 2.75) is 124 Å².